The molecule has 0 radical (unpaired) electrons. The minimum Gasteiger partial charge on any atom is -0.481 e. The molecule has 1 aliphatic rings. The van der Waals surface area contributed by atoms with Crippen molar-refractivity contribution in [2.45, 2.75) is 67.7 Å². The molecule has 1 aliphatic heterocycles. The van der Waals surface area contributed by atoms with Gasteiger partial charge < -0.3 is 10.4 Å². The van der Waals surface area contributed by atoms with Crippen LogP contribution in [0.5, 0.6) is 0 Å². The van der Waals surface area contributed by atoms with Gasteiger partial charge in [0, 0.05) is 39.7 Å². The van der Waals surface area contributed by atoms with E-state index >= 15 is 0 Å². The lowest BCUT2D eigenvalue weighted by Gasteiger charge is -2.13. The highest BCUT2D eigenvalue weighted by Gasteiger charge is 2.20. The summed E-state index contributed by atoms with van der Waals surface area (Å²) in [5, 5.41) is 12.8. The van der Waals surface area contributed by atoms with Gasteiger partial charge in [-0.2, -0.15) is 0 Å². The van der Waals surface area contributed by atoms with Crippen LogP contribution in [0.3, 0.4) is 0 Å². The van der Waals surface area contributed by atoms with Crippen molar-refractivity contribution >= 4 is 45.2 Å². The first-order chi connectivity index (χ1) is 20.6. The number of aliphatic imine (C=N–C) groups is 1. The Labute approximate surface area is 264 Å². The van der Waals surface area contributed by atoms with Crippen molar-refractivity contribution in [1.82, 2.24) is 0 Å². The van der Waals surface area contributed by atoms with E-state index in [0.29, 0.717) is 53.9 Å². The first-order valence-corrected chi connectivity index (χ1v) is 17.3. The number of carbonyl (C=O) groups is 2. The lowest BCUT2D eigenvalue weighted by molar-refractivity contribution is -0.142. The molecule has 0 spiro atoms. The molecule has 238 valence electrons. The number of amidine groups is 1. The zero-order valence-corrected chi connectivity index (χ0v) is 28.5. The first kappa shape index (κ1) is 40.0. The molecular weight excluding hydrogens is 584 g/mol. The normalized spacial score (nSPS) is 15.8. The molecular formula is C34H49FN2O4S2. The number of rotatable bonds is 9. The number of allylic oxidation sites excluding steroid dienone is 1. The van der Waals surface area contributed by atoms with Crippen molar-refractivity contribution < 1.29 is 23.3 Å². The zero-order valence-electron chi connectivity index (χ0n) is 26.9. The summed E-state index contributed by atoms with van der Waals surface area (Å²) < 4.78 is 25.3. The van der Waals surface area contributed by atoms with E-state index in [1.165, 1.54) is 17.8 Å². The van der Waals surface area contributed by atoms with E-state index in [4.69, 9.17) is 5.11 Å². The van der Waals surface area contributed by atoms with Crippen LogP contribution in [0.1, 0.15) is 76.7 Å². The number of benzene rings is 2. The van der Waals surface area contributed by atoms with Crippen LogP contribution in [0.25, 0.3) is 0 Å². The summed E-state index contributed by atoms with van der Waals surface area (Å²) in [4.78, 5) is 28.1. The van der Waals surface area contributed by atoms with Crippen molar-refractivity contribution in [3.8, 4) is 0 Å². The van der Waals surface area contributed by atoms with E-state index in [1.54, 1.807) is 24.5 Å². The second-order valence-corrected chi connectivity index (χ2v) is 11.9. The Balaban J connectivity index is 0.000000743. The number of ketones is 1. The summed E-state index contributed by atoms with van der Waals surface area (Å²) in [6.45, 7) is 14.3. The molecule has 0 bridgehead atoms. The van der Waals surface area contributed by atoms with Crippen molar-refractivity contribution in [3.05, 3.63) is 88.6 Å². The van der Waals surface area contributed by atoms with E-state index in [9.17, 15) is 18.2 Å². The summed E-state index contributed by atoms with van der Waals surface area (Å²) in [7, 11) is -1.00. The van der Waals surface area contributed by atoms with Crippen LogP contribution in [0.2, 0.25) is 0 Å². The summed E-state index contributed by atoms with van der Waals surface area (Å²) in [6, 6.07) is 14.1. The summed E-state index contributed by atoms with van der Waals surface area (Å²) in [5.41, 5.74) is 1.95. The molecule has 3 rings (SSSR count). The number of aliphatic carboxylic acids is 1. The molecule has 0 aromatic heterocycles. The second kappa shape index (κ2) is 23.4. The predicted molar refractivity (Wildman–Crippen MR) is 184 cm³/mol. The van der Waals surface area contributed by atoms with Crippen LogP contribution in [0.4, 0.5) is 10.1 Å². The Morgan fingerprint density at radius 2 is 1.74 bits per heavy atom. The molecule has 0 saturated carbocycles. The van der Waals surface area contributed by atoms with Gasteiger partial charge in [0.2, 0.25) is 0 Å². The molecule has 1 heterocycles. The standard InChI is InChI=1S/C15H17FN2OS2.C15H20O3.2C2H6/c1-11-5-6-14(13(16)10-11)18-15-17-8-3-4-12(21(2)19)7-9-20-15;1-11(2)10-13(15(17)18)8-9-14(16)12-6-4-3-5-7-12;2*1-2/h3-7,10H,8-9H2,1-2H3,(H,17,18);3-7,11,13H,8-10H2,1-2H3,(H,17,18);2*1-2H3/b4-3-,12-7+;;;. The van der Waals surface area contributed by atoms with Crippen molar-refractivity contribution in [2.24, 2.45) is 16.8 Å². The number of anilines is 1. The van der Waals surface area contributed by atoms with Crippen LogP contribution in [0.15, 0.2) is 76.7 Å². The Kier molecular flexibility index (Phi) is 21.8. The lowest BCUT2D eigenvalue weighted by atomic mass is 9.91. The predicted octanol–water partition coefficient (Wildman–Crippen LogP) is 8.92. The number of carbonyl (C=O) groups excluding carboxylic acids is 1. The lowest BCUT2D eigenvalue weighted by Crippen LogP contribution is -2.17. The van der Waals surface area contributed by atoms with Gasteiger partial charge in [0.1, 0.15) is 5.82 Å². The molecule has 2 aromatic rings. The van der Waals surface area contributed by atoms with E-state index in [-0.39, 0.29) is 11.6 Å². The topological polar surface area (TPSA) is 95.8 Å². The third-order valence-corrected chi connectivity index (χ3v) is 7.55. The summed E-state index contributed by atoms with van der Waals surface area (Å²) >= 11 is 1.46. The van der Waals surface area contributed by atoms with Crippen LogP contribution >= 0.6 is 11.8 Å². The second-order valence-electron chi connectivity index (χ2n) is 9.52. The molecule has 2 unspecified atom stereocenters. The largest absolute Gasteiger partial charge is 0.481 e. The monoisotopic (exact) mass is 632 g/mol. The SMILES string of the molecule is CC.CC.CC(C)CC(CCC(=O)c1ccccc1)C(=O)O.Cc1ccc(NC2=NC/C=C\C(S(C)=O)=C/CS2)c(F)c1. The van der Waals surface area contributed by atoms with Crippen LogP contribution in [0, 0.1) is 24.6 Å². The fourth-order valence-corrected chi connectivity index (χ4v) is 5.21. The molecule has 0 fully saturated rings. The molecule has 6 nitrogen and oxygen atoms in total. The highest BCUT2D eigenvalue weighted by Crippen LogP contribution is 2.20. The smallest absolute Gasteiger partial charge is 0.306 e. The van der Waals surface area contributed by atoms with E-state index < -0.39 is 22.7 Å². The highest BCUT2D eigenvalue weighted by molar-refractivity contribution is 8.14. The highest BCUT2D eigenvalue weighted by atomic mass is 32.2. The maximum Gasteiger partial charge on any atom is 0.306 e. The third-order valence-electron chi connectivity index (χ3n) is 5.75. The average Bonchev–Trinajstić information content (AvgIpc) is 3.11. The minimum atomic E-state index is -1.00. The van der Waals surface area contributed by atoms with Gasteiger partial charge in [-0.1, -0.05) is 102 Å². The number of nitrogens with one attached hydrogen (secondary N) is 1. The molecule has 0 amide bonds. The number of carboxylic acids is 1. The Morgan fingerprint density at radius 1 is 1.09 bits per heavy atom. The number of aryl methyl sites for hydroxylation is 1. The maximum absolute atomic E-state index is 13.8. The van der Waals surface area contributed by atoms with Gasteiger partial charge in [0.05, 0.1) is 18.2 Å². The summed E-state index contributed by atoms with van der Waals surface area (Å²) in [6.07, 6.45) is 8.58. The minimum absolute atomic E-state index is 0.0191. The van der Waals surface area contributed by atoms with Crippen molar-refractivity contribution in [1.29, 1.82) is 0 Å². The number of carboxylic acid groups (broad SMARTS) is 1. The van der Waals surface area contributed by atoms with E-state index in [1.807, 2.05) is 91.0 Å². The van der Waals surface area contributed by atoms with Gasteiger partial charge in [0.15, 0.2) is 11.0 Å². The number of hydrogen-bond donors (Lipinski definition) is 2. The van der Waals surface area contributed by atoms with Crippen LogP contribution < -0.4 is 5.32 Å². The van der Waals surface area contributed by atoms with Crippen LogP contribution in [-0.2, 0) is 15.6 Å². The fraction of sp³-hybridized carbons (Fsp3) is 0.441. The summed E-state index contributed by atoms with van der Waals surface area (Å²) in [5.74, 6) is -0.524. The van der Waals surface area contributed by atoms with E-state index in [2.05, 4.69) is 10.3 Å². The number of nitrogens with zero attached hydrogens (tertiary/aromatic N) is 1. The Morgan fingerprint density at radius 3 is 2.30 bits per heavy atom. The van der Waals surface area contributed by atoms with Gasteiger partial charge in [-0.3, -0.25) is 18.8 Å². The van der Waals surface area contributed by atoms with Crippen LogP contribution in [-0.4, -0.2) is 44.8 Å². The van der Waals surface area contributed by atoms with Gasteiger partial charge in [-0.05, 0) is 49.5 Å². The van der Waals surface area contributed by atoms with Gasteiger partial charge in [-0.25, -0.2) is 4.39 Å². The number of hydrogen-bond acceptors (Lipinski definition) is 6. The number of halogens is 1. The Bertz CT molecular complexity index is 1230. The molecule has 0 saturated heterocycles. The van der Waals surface area contributed by atoms with Gasteiger partial charge >= 0.3 is 5.97 Å². The third kappa shape index (κ3) is 17.0. The van der Waals surface area contributed by atoms with Crippen molar-refractivity contribution in [2.75, 3.05) is 23.9 Å². The molecule has 0 aliphatic carbocycles. The maximum atomic E-state index is 13.8. The molecule has 9 heteroatoms. The average molecular weight is 633 g/mol. The van der Waals surface area contributed by atoms with Gasteiger partial charge in [-0.15, -0.1) is 0 Å². The molecule has 2 N–H and O–H groups in total. The number of Topliss-reactive ketones (excluding diaryl/α,β-unsaturated/α-hetero) is 1. The van der Waals surface area contributed by atoms with Crippen molar-refractivity contribution in [3.63, 3.8) is 0 Å². The Hall–Kier alpha value is -3.04. The fourth-order valence-electron chi connectivity index (χ4n) is 3.73. The quantitative estimate of drug-likeness (QED) is 0.268. The first-order valence-electron chi connectivity index (χ1n) is 14.8. The van der Waals surface area contributed by atoms with Gasteiger partial charge in [0.25, 0.3) is 0 Å². The molecule has 2 aromatic carbocycles. The molecule has 2 atom stereocenters. The van der Waals surface area contributed by atoms with E-state index in [0.717, 1.165) is 10.5 Å². The zero-order chi connectivity index (χ0) is 32.8. The number of thioether (sulfide) groups is 1. The molecule has 43 heavy (non-hydrogen) atoms.